The van der Waals surface area contributed by atoms with Crippen molar-refractivity contribution in [3.05, 3.63) is 0 Å². The van der Waals surface area contributed by atoms with Crippen LogP contribution in [0.15, 0.2) is 0 Å². The van der Waals surface area contributed by atoms with Crippen molar-refractivity contribution in [2.24, 2.45) is 17.6 Å². The summed E-state index contributed by atoms with van der Waals surface area (Å²) in [7, 11) is 0. The van der Waals surface area contributed by atoms with Crippen LogP contribution in [-0.2, 0) is 0 Å². The van der Waals surface area contributed by atoms with E-state index in [0.717, 1.165) is 24.9 Å². The Hall–Kier alpha value is -0.0800. The van der Waals surface area contributed by atoms with Crippen molar-refractivity contribution in [2.75, 3.05) is 13.1 Å². The molecule has 0 amide bonds. The molecule has 1 heterocycles. The number of nitrogens with one attached hydrogen (secondary N) is 1. The zero-order valence-electron chi connectivity index (χ0n) is 8.34. The third kappa shape index (κ3) is 3.11. The smallest absolute Gasteiger partial charge is 0.00705 e. The average Bonchev–Trinajstić information content (AvgIpc) is 2.05. The van der Waals surface area contributed by atoms with E-state index >= 15 is 0 Å². The van der Waals surface area contributed by atoms with Gasteiger partial charge in [-0.3, -0.25) is 0 Å². The van der Waals surface area contributed by atoms with Gasteiger partial charge in [0.15, 0.2) is 0 Å². The molecule has 0 bridgehead atoms. The molecule has 1 atom stereocenters. The Morgan fingerprint density at radius 2 is 1.92 bits per heavy atom. The van der Waals surface area contributed by atoms with Crippen LogP contribution in [0.5, 0.6) is 0 Å². The Morgan fingerprint density at radius 1 is 1.33 bits per heavy atom. The number of nitrogens with two attached hydrogens (primary N) is 1. The third-order valence-corrected chi connectivity index (χ3v) is 2.73. The maximum atomic E-state index is 6.12. The maximum Gasteiger partial charge on any atom is 0.00705 e. The number of piperidine rings is 1. The Balaban J connectivity index is 2.24. The highest BCUT2D eigenvalue weighted by molar-refractivity contribution is 4.78. The second-order valence-corrected chi connectivity index (χ2v) is 4.38. The monoisotopic (exact) mass is 170 g/mol. The Morgan fingerprint density at radius 3 is 2.42 bits per heavy atom. The van der Waals surface area contributed by atoms with E-state index in [1.807, 2.05) is 0 Å². The second-order valence-electron chi connectivity index (χ2n) is 4.38. The molecule has 0 aromatic rings. The van der Waals surface area contributed by atoms with Gasteiger partial charge in [-0.15, -0.1) is 0 Å². The van der Waals surface area contributed by atoms with Crippen LogP contribution in [0.3, 0.4) is 0 Å². The molecule has 0 spiro atoms. The number of rotatable bonds is 3. The van der Waals surface area contributed by atoms with E-state index in [9.17, 15) is 0 Å². The largest absolute Gasteiger partial charge is 0.327 e. The minimum Gasteiger partial charge on any atom is -0.327 e. The lowest BCUT2D eigenvalue weighted by Crippen LogP contribution is -2.39. The Labute approximate surface area is 75.9 Å². The van der Waals surface area contributed by atoms with Crippen molar-refractivity contribution >= 4 is 0 Å². The zero-order valence-corrected chi connectivity index (χ0v) is 8.34. The summed E-state index contributed by atoms with van der Waals surface area (Å²) in [5.74, 6) is 1.52. The topological polar surface area (TPSA) is 38.0 Å². The summed E-state index contributed by atoms with van der Waals surface area (Å²) in [4.78, 5) is 0. The lowest BCUT2D eigenvalue weighted by Gasteiger charge is -2.29. The molecule has 0 radical (unpaired) electrons. The van der Waals surface area contributed by atoms with Gasteiger partial charge in [-0.05, 0) is 44.2 Å². The first kappa shape index (κ1) is 10.0. The predicted octanol–water partition coefficient (Wildman–Crippen LogP) is 1.36. The first-order valence-corrected chi connectivity index (χ1v) is 5.16. The first-order valence-electron chi connectivity index (χ1n) is 5.16. The van der Waals surface area contributed by atoms with Gasteiger partial charge in [0.1, 0.15) is 0 Å². The van der Waals surface area contributed by atoms with Gasteiger partial charge in [0.25, 0.3) is 0 Å². The molecule has 0 unspecified atom stereocenters. The molecule has 1 saturated heterocycles. The average molecular weight is 170 g/mol. The summed E-state index contributed by atoms with van der Waals surface area (Å²) >= 11 is 0. The summed E-state index contributed by atoms with van der Waals surface area (Å²) in [5.41, 5.74) is 6.12. The lowest BCUT2D eigenvalue weighted by molar-refractivity contribution is 0.289. The van der Waals surface area contributed by atoms with Crippen LogP contribution in [0.1, 0.15) is 33.1 Å². The number of hydrogen-bond acceptors (Lipinski definition) is 2. The molecule has 2 nitrogen and oxygen atoms in total. The molecule has 12 heavy (non-hydrogen) atoms. The molecule has 1 aliphatic rings. The molecule has 0 aliphatic carbocycles. The van der Waals surface area contributed by atoms with E-state index in [1.54, 1.807) is 0 Å². The van der Waals surface area contributed by atoms with Crippen molar-refractivity contribution in [1.82, 2.24) is 5.32 Å². The van der Waals surface area contributed by atoms with E-state index < -0.39 is 0 Å². The second kappa shape index (κ2) is 4.83. The summed E-state index contributed by atoms with van der Waals surface area (Å²) in [6.45, 7) is 6.83. The standard InChI is InChI=1S/C10H22N2/c1-8(2)7-10(11)9-3-5-12-6-4-9/h8-10,12H,3-7,11H2,1-2H3/t10-/m1/s1. The predicted molar refractivity (Wildman–Crippen MR) is 53.0 cm³/mol. The molecule has 3 N–H and O–H groups in total. The van der Waals surface area contributed by atoms with Crippen molar-refractivity contribution in [3.8, 4) is 0 Å². The van der Waals surface area contributed by atoms with Crippen LogP contribution in [0.2, 0.25) is 0 Å². The zero-order chi connectivity index (χ0) is 8.97. The van der Waals surface area contributed by atoms with Crippen LogP contribution in [-0.4, -0.2) is 19.1 Å². The SMILES string of the molecule is CC(C)C[C@@H](N)C1CCNCC1. The Bertz CT molecular complexity index is 117. The minimum absolute atomic E-state index is 0.437. The highest BCUT2D eigenvalue weighted by atomic mass is 14.9. The van der Waals surface area contributed by atoms with Gasteiger partial charge < -0.3 is 11.1 Å². The van der Waals surface area contributed by atoms with Crippen LogP contribution in [0.4, 0.5) is 0 Å². The van der Waals surface area contributed by atoms with Gasteiger partial charge in [-0.1, -0.05) is 13.8 Å². The highest BCUT2D eigenvalue weighted by Crippen LogP contribution is 2.19. The van der Waals surface area contributed by atoms with Gasteiger partial charge >= 0.3 is 0 Å². The summed E-state index contributed by atoms with van der Waals surface area (Å²) < 4.78 is 0. The molecular formula is C10H22N2. The van der Waals surface area contributed by atoms with Crippen LogP contribution in [0.25, 0.3) is 0 Å². The van der Waals surface area contributed by atoms with Gasteiger partial charge in [-0.2, -0.15) is 0 Å². The maximum absolute atomic E-state index is 6.12. The van der Waals surface area contributed by atoms with Gasteiger partial charge in [0.2, 0.25) is 0 Å². The lowest BCUT2D eigenvalue weighted by atomic mass is 9.86. The minimum atomic E-state index is 0.437. The molecule has 1 aliphatic heterocycles. The van der Waals surface area contributed by atoms with Crippen LogP contribution < -0.4 is 11.1 Å². The molecule has 1 fully saturated rings. The summed E-state index contributed by atoms with van der Waals surface area (Å²) in [6.07, 6.45) is 3.73. The van der Waals surface area contributed by atoms with Gasteiger partial charge in [0.05, 0.1) is 0 Å². The van der Waals surface area contributed by atoms with Crippen molar-refractivity contribution < 1.29 is 0 Å². The fraction of sp³-hybridized carbons (Fsp3) is 1.00. The Kier molecular flexibility index (Phi) is 4.02. The van der Waals surface area contributed by atoms with Gasteiger partial charge in [0, 0.05) is 6.04 Å². The first-order chi connectivity index (χ1) is 5.70. The highest BCUT2D eigenvalue weighted by Gasteiger charge is 2.20. The number of hydrogen-bond donors (Lipinski definition) is 2. The summed E-state index contributed by atoms with van der Waals surface area (Å²) in [6, 6.07) is 0.437. The quantitative estimate of drug-likeness (QED) is 0.671. The van der Waals surface area contributed by atoms with Crippen LogP contribution in [0, 0.1) is 11.8 Å². The fourth-order valence-corrected chi connectivity index (χ4v) is 2.01. The van der Waals surface area contributed by atoms with E-state index in [-0.39, 0.29) is 0 Å². The molecule has 72 valence electrons. The van der Waals surface area contributed by atoms with Crippen molar-refractivity contribution in [3.63, 3.8) is 0 Å². The molecular weight excluding hydrogens is 148 g/mol. The van der Waals surface area contributed by atoms with E-state index in [4.69, 9.17) is 5.73 Å². The van der Waals surface area contributed by atoms with Gasteiger partial charge in [-0.25, -0.2) is 0 Å². The fourth-order valence-electron chi connectivity index (χ4n) is 2.01. The van der Waals surface area contributed by atoms with E-state index in [2.05, 4.69) is 19.2 Å². The molecule has 0 aromatic heterocycles. The molecule has 0 saturated carbocycles. The van der Waals surface area contributed by atoms with E-state index in [0.29, 0.717) is 6.04 Å². The normalized spacial score (nSPS) is 23.0. The van der Waals surface area contributed by atoms with Crippen molar-refractivity contribution in [1.29, 1.82) is 0 Å². The molecule has 2 heteroatoms. The van der Waals surface area contributed by atoms with E-state index in [1.165, 1.54) is 19.3 Å². The molecule has 1 rings (SSSR count). The summed E-state index contributed by atoms with van der Waals surface area (Å²) in [5, 5.41) is 3.37. The van der Waals surface area contributed by atoms with Crippen molar-refractivity contribution in [2.45, 2.75) is 39.2 Å². The third-order valence-electron chi connectivity index (χ3n) is 2.73. The van der Waals surface area contributed by atoms with Crippen LogP contribution >= 0.6 is 0 Å². The molecule has 0 aromatic carbocycles.